The van der Waals surface area contributed by atoms with Crippen molar-refractivity contribution in [3.8, 4) is 0 Å². The minimum absolute atomic E-state index is 0.172. The van der Waals surface area contributed by atoms with Crippen LogP contribution in [-0.2, 0) is 6.42 Å². The first-order chi connectivity index (χ1) is 10.7. The van der Waals surface area contributed by atoms with Gasteiger partial charge in [-0.25, -0.2) is 0 Å². The van der Waals surface area contributed by atoms with Crippen LogP contribution in [0.4, 0.5) is 0 Å². The van der Waals surface area contributed by atoms with Crippen molar-refractivity contribution in [1.82, 2.24) is 9.88 Å². The van der Waals surface area contributed by atoms with Crippen molar-refractivity contribution in [3.05, 3.63) is 65.5 Å². The lowest BCUT2D eigenvalue weighted by molar-refractivity contribution is 0.0690. The fourth-order valence-corrected chi connectivity index (χ4v) is 3.15. The maximum Gasteiger partial charge on any atom is 0.253 e. The van der Waals surface area contributed by atoms with Crippen LogP contribution < -0.4 is 0 Å². The number of likely N-dealkylation sites (tertiary alicyclic amines) is 1. The van der Waals surface area contributed by atoms with E-state index < -0.39 is 0 Å². The molecule has 1 aromatic heterocycles. The molecule has 114 valence electrons. The summed E-state index contributed by atoms with van der Waals surface area (Å²) in [5.74, 6) is 0.843. The highest BCUT2D eigenvalue weighted by Gasteiger charge is 2.23. The number of piperidine rings is 1. The second-order valence-electron chi connectivity index (χ2n) is 6.16. The van der Waals surface area contributed by atoms with Gasteiger partial charge in [-0.05, 0) is 61.9 Å². The Balaban J connectivity index is 1.56. The van der Waals surface area contributed by atoms with Gasteiger partial charge < -0.3 is 4.90 Å². The fraction of sp³-hybridized carbons (Fsp3) is 0.368. The van der Waals surface area contributed by atoms with Crippen LogP contribution in [0.2, 0.25) is 0 Å². The largest absolute Gasteiger partial charge is 0.339 e. The van der Waals surface area contributed by atoms with E-state index in [1.807, 2.05) is 48.5 Å². The van der Waals surface area contributed by atoms with E-state index in [1.165, 1.54) is 5.56 Å². The molecule has 2 heterocycles. The zero-order chi connectivity index (χ0) is 15.4. The van der Waals surface area contributed by atoms with E-state index in [0.717, 1.165) is 43.5 Å². The highest BCUT2D eigenvalue weighted by Crippen LogP contribution is 2.22. The first kappa shape index (κ1) is 14.8. The SMILES string of the molecule is Cc1cccc(C(=O)N2CCC(Cc3ccncc3)CC2)c1. The third-order valence-electron chi connectivity index (χ3n) is 4.44. The topological polar surface area (TPSA) is 33.2 Å². The van der Waals surface area contributed by atoms with Crippen LogP contribution in [0.5, 0.6) is 0 Å². The summed E-state index contributed by atoms with van der Waals surface area (Å²) < 4.78 is 0. The number of pyridine rings is 1. The molecule has 0 unspecified atom stereocenters. The quantitative estimate of drug-likeness (QED) is 0.868. The third kappa shape index (κ3) is 3.53. The van der Waals surface area contributed by atoms with Crippen molar-refractivity contribution in [1.29, 1.82) is 0 Å². The Labute approximate surface area is 132 Å². The smallest absolute Gasteiger partial charge is 0.253 e. The Hall–Kier alpha value is -2.16. The van der Waals surface area contributed by atoms with Gasteiger partial charge in [0.2, 0.25) is 0 Å². The van der Waals surface area contributed by atoms with E-state index in [2.05, 4.69) is 17.1 Å². The summed E-state index contributed by atoms with van der Waals surface area (Å²) in [7, 11) is 0. The number of hydrogen-bond acceptors (Lipinski definition) is 2. The van der Waals surface area contributed by atoms with Crippen LogP contribution in [0.1, 0.15) is 34.3 Å². The summed E-state index contributed by atoms with van der Waals surface area (Å²) in [5.41, 5.74) is 3.30. The van der Waals surface area contributed by atoms with E-state index in [4.69, 9.17) is 0 Å². The molecule has 0 bridgehead atoms. The Morgan fingerprint density at radius 2 is 1.91 bits per heavy atom. The molecule has 1 fully saturated rings. The Bertz CT molecular complexity index is 631. The van der Waals surface area contributed by atoms with Crippen molar-refractivity contribution in [2.24, 2.45) is 5.92 Å². The number of carbonyl (C=O) groups is 1. The van der Waals surface area contributed by atoms with E-state index in [0.29, 0.717) is 5.92 Å². The number of rotatable bonds is 3. The molecular formula is C19H22N2O. The van der Waals surface area contributed by atoms with Gasteiger partial charge >= 0.3 is 0 Å². The lowest BCUT2D eigenvalue weighted by Crippen LogP contribution is -2.38. The van der Waals surface area contributed by atoms with Crippen LogP contribution in [0, 0.1) is 12.8 Å². The third-order valence-corrected chi connectivity index (χ3v) is 4.44. The summed E-state index contributed by atoms with van der Waals surface area (Å²) in [4.78, 5) is 18.6. The molecule has 1 saturated heterocycles. The molecule has 0 N–H and O–H groups in total. The first-order valence-electron chi connectivity index (χ1n) is 7.97. The van der Waals surface area contributed by atoms with Gasteiger partial charge in [-0.3, -0.25) is 9.78 Å². The molecular weight excluding hydrogens is 272 g/mol. The van der Waals surface area contributed by atoms with Gasteiger partial charge in [0.05, 0.1) is 0 Å². The summed E-state index contributed by atoms with van der Waals surface area (Å²) in [6.45, 7) is 3.75. The molecule has 0 spiro atoms. The maximum absolute atomic E-state index is 12.5. The molecule has 0 atom stereocenters. The molecule has 0 aliphatic carbocycles. The second kappa shape index (κ2) is 6.73. The van der Waals surface area contributed by atoms with Crippen LogP contribution >= 0.6 is 0 Å². The van der Waals surface area contributed by atoms with Gasteiger partial charge in [0.1, 0.15) is 0 Å². The number of amides is 1. The van der Waals surface area contributed by atoms with Gasteiger partial charge in [-0.15, -0.1) is 0 Å². The van der Waals surface area contributed by atoms with Crippen LogP contribution in [-0.4, -0.2) is 28.9 Å². The number of aryl methyl sites for hydroxylation is 1. The fourth-order valence-electron chi connectivity index (χ4n) is 3.15. The molecule has 1 aliphatic heterocycles. The normalized spacial score (nSPS) is 15.8. The van der Waals surface area contributed by atoms with E-state index in [1.54, 1.807) is 0 Å². The minimum atomic E-state index is 0.172. The average Bonchev–Trinajstić information content (AvgIpc) is 2.56. The molecule has 3 rings (SSSR count). The molecule has 22 heavy (non-hydrogen) atoms. The van der Waals surface area contributed by atoms with E-state index >= 15 is 0 Å². The molecule has 1 amide bonds. The van der Waals surface area contributed by atoms with Crippen molar-refractivity contribution in [2.75, 3.05) is 13.1 Å². The van der Waals surface area contributed by atoms with Crippen LogP contribution in [0.3, 0.4) is 0 Å². The van der Waals surface area contributed by atoms with Crippen molar-refractivity contribution in [2.45, 2.75) is 26.2 Å². The van der Waals surface area contributed by atoms with Crippen molar-refractivity contribution < 1.29 is 4.79 Å². The average molecular weight is 294 g/mol. The van der Waals surface area contributed by atoms with Gasteiger partial charge in [0.15, 0.2) is 0 Å². The van der Waals surface area contributed by atoms with E-state index in [9.17, 15) is 4.79 Å². The molecule has 2 aromatic rings. The first-order valence-corrected chi connectivity index (χ1v) is 7.97. The van der Waals surface area contributed by atoms with Gasteiger partial charge in [-0.2, -0.15) is 0 Å². The molecule has 0 saturated carbocycles. The zero-order valence-electron chi connectivity index (χ0n) is 13.0. The van der Waals surface area contributed by atoms with Crippen LogP contribution in [0.15, 0.2) is 48.8 Å². The highest BCUT2D eigenvalue weighted by atomic mass is 16.2. The minimum Gasteiger partial charge on any atom is -0.339 e. The number of nitrogens with zero attached hydrogens (tertiary/aromatic N) is 2. The predicted molar refractivity (Wildman–Crippen MR) is 87.7 cm³/mol. The second-order valence-corrected chi connectivity index (χ2v) is 6.16. The summed E-state index contributed by atoms with van der Waals surface area (Å²) in [5, 5.41) is 0. The molecule has 1 aliphatic rings. The lowest BCUT2D eigenvalue weighted by Gasteiger charge is -2.32. The molecule has 3 heteroatoms. The number of hydrogen-bond donors (Lipinski definition) is 0. The number of benzene rings is 1. The maximum atomic E-state index is 12.5. The number of carbonyl (C=O) groups excluding carboxylic acids is 1. The van der Waals surface area contributed by atoms with Crippen molar-refractivity contribution in [3.63, 3.8) is 0 Å². The van der Waals surface area contributed by atoms with Gasteiger partial charge in [0.25, 0.3) is 5.91 Å². The van der Waals surface area contributed by atoms with Gasteiger partial charge in [0, 0.05) is 31.0 Å². The standard InChI is InChI=1S/C19H22N2O/c1-15-3-2-4-18(13-15)19(22)21-11-7-17(8-12-21)14-16-5-9-20-10-6-16/h2-6,9-10,13,17H,7-8,11-12,14H2,1H3. The summed E-state index contributed by atoms with van der Waals surface area (Å²) >= 11 is 0. The molecule has 1 aromatic carbocycles. The number of aromatic nitrogens is 1. The summed E-state index contributed by atoms with van der Waals surface area (Å²) in [6.07, 6.45) is 6.96. The Morgan fingerprint density at radius 3 is 2.59 bits per heavy atom. The molecule has 0 radical (unpaired) electrons. The molecule has 3 nitrogen and oxygen atoms in total. The monoisotopic (exact) mass is 294 g/mol. The lowest BCUT2D eigenvalue weighted by atomic mass is 9.90. The van der Waals surface area contributed by atoms with E-state index in [-0.39, 0.29) is 5.91 Å². The Kier molecular flexibility index (Phi) is 4.52. The summed E-state index contributed by atoms with van der Waals surface area (Å²) in [6, 6.07) is 12.1. The Morgan fingerprint density at radius 1 is 1.18 bits per heavy atom. The van der Waals surface area contributed by atoms with Gasteiger partial charge in [-0.1, -0.05) is 17.7 Å². The predicted octanol–water partition coefficient (Wildman–Crippen LogP) is 3.48. The van der Waals surface area contributed by atoms with Crippen molar-refractivity contribution >= 4 is 5.91 Å². The van der Waals surface area contributed by atoms with Crippen LogP contribution in [0.25, 0.3) is 0 Å². The zero-order valence-corrected chi connectivity index (χ0v) is 13.0. The highest BCUT2D eigenvalue weighted by molar-refractivity contribution is 5.94.